The van der Waals surface area contributed by atoms with E-state index in [2.05, 4.69) is 104 Å². The molecular weight excluding hydrogens is 482 g/mol. The molecule has 0 spiro atoms. The molecule has 39 heavy (non-hydrogen) atoms. The van der Waals surface area contributed by atoms with Gasteiger partial charge in [0.05, 0.1) is 30.0 Å². The number of aryl methyl sites for hydroxylation is 1. The van der Waals surface area contributed by atoms with Crippen LogP contribution >= 0.6 is 0 Å². The highest BCUT2D eigenvalue weighted by molar-refractivity contribution is 6.18. The fraction of sp³-hybridized carbons (Fsp3) is 0.294. The summed E-state index contributed by atoms with van der Waals surface area (Å²) < 4.78 is 10.4. The van der Waals surface area contributed by atoms with Crippen molar-refractivity contribution in [3.05, 3.63) is 84.2 Å². The summed E-state index contributed by atoms with van der Waals surface area (Å²) in [6, 6.07) is 23.9. The van der Waals surface area contributed by atoms with E-state index in [-0.39, 0.29) is 24.0 Å². The van der Waals surface area contributed by atoms with Crippen molar-refractivity contribution in [2.24, 2.45) is 7.05 Å². The van der Waals surface area contributed by atoms with Crippen LogP contribution in [-0.2, 0) is 17.2 Å². The highest BCUT2D eigenvalue weighted by Crippen LogP contribution is 2.48. The number of hydrogen-bond acceptors (Lipinski definition) is 3. The third-order valence-corrected chi connectivity index (χ3v) is 8.72. The molecule has 1 N–H and O–H groups in total. The molecule has 2 atom stereocenters. The Morgan fingerprint density at radius 1 is 0.923 bits per heavy atom. The molecule has 2 unspecified atom stereocenters. The van der Waals surface area contributed by atoms with Crippen LogP contribution in [0.25, 0.3) is 54.7 Å². The summed E-state index contributed by atoms with van der Waals surface area (Å²) in [4.78, 5) is 5.06. The van der Waals surface area contributed by atoms with Gasteiger partial charge in [0.2, 0.25) is 5.52 Å². The summed E-state index contributed by atoms with van der Waals surface area (Å²) in [5.41, 5.74) is 8.06. The number of fused-ring (bicyclic) bond motifs is 11. The Kier molecular flexibility index (Phi) is 5.35. The number of aliphatic hydroxyl groups is 1. The van der Waals surface area contributed by atoms with E-state index in [1.54, 1.807) is 7.11 Å². The quantitative estimate of drug-likeness (QED) is 0.271. The zero-order valence-electron chi connectivity index (χ0n) is 23.2. The lowest BCUT2D eigenvalue weighted by atomic mass is 9.75. The maximum atomic E-state index is 10.9. The van der Waals surface area contributed by atoms with Crippen LogP contribution in [0.4, 0.5) is 0 Å². The Hall–Kier alpha value is -3.80. The summed E-state index contributed by atoms with van der Waals surface area (Å²) in [6.07, 6.45) is 1.97. The molecule has 2 aromatic heterocycles. The molecular formula is C34H34N3O2+. The van der Waals surface area contributed by atoms with Crippen molar-refractivity contribution in [3.63, 3.8) is 0 Å². The van der Waals surface area contributed by atoms with E-state index in [1.807, 2.05) is 6.33 Å². The number of hydrogen-bond donors (Lipinski definition) is 1. The van der Waals surface area contributed by atoms with Gasteiger partial charge in [-0.3, -0.25) is 0 Å². The van der Waals surface area contributed by atoms with Crippen LogP contribution in [0.5, 0.6) is 0 Å². The molecule has 6 aromatic rings. The lowest BCUT2D eigenvalue weighted by Gasteiger charge is -2.34. The van der Waals surface area contributed by atoms with E-state index in [1.165, 1.54) is 43.8 Å². The Morgan fingerprint density at radius 3 is 2.36 bits per heavy atom. The summed E-state index contributed by atoms with van der Waals surface area (Å²) in [7, 11) is 3.90. The number of nitrogens with zero attached hydrogens (tertiary/aromatic N) is 3. The third-order valence-electron chi connectivity index (χ3n) is 8.72. The molecule has 196 valence electrons. The number of ether oxygens (including phenoxy) is 1. The lowest BCUT2D eigenvalue weighted by molar-refractivity contribution is -0.721. The molecule has 3 heterocycles. The van der Waals surface area contributed by atoms with Crippen LogP contribution in [0.1, 0.15) is 43.9 Å². The lowest BCUT2D eigenvalue weighted by Crippen LogP contribution is -2.51. The predicted molar refractivity (Wildman–Crippen MR) is 158 cm³/mol. The maximum Gasteiger partial charge on any atom is 0.287 e. The van der Waals surface area contributed by atoms with Gasteiger partial charge in [0.15, 0.2) is 5.69 Å². The molecule has 5 nitrogen and oxygen atoms in total. The van der Waals surface area contributed by atoms with Gasteiger partial charge in [-0.1, -0.05) is 75.4 Å². The van der Waals surface area contributed by atoms with Crippen molar-refractivity contribution in [2.45, 2.75) is 38.1 Å². The van der Waals surface area contributed by atoms with E-state index in [0.717, 1.165) is 22.1 Å². The van der Waals surface area contributed by atoms with Crippen LogP contribution in [0, 0.1) is 0 Å². The first kappa shape index (κ1) is 24.3. The molecule has 0 aliphatic carbocycles. The Labute approximate surface area is 228 Å². The van der Waals surface area contributed by atoms with Gasteiger partial charge in [-0.15, -0.1) is 0 Å². The number of aliphatic hydroxyl groups excluding tert-OH is 1. The highest BCUT2D eigenvalue weighted by Gasteiger charge is 2.41. The van der Waals surface area contributed by atoms with Gasteiger partial charge in [-0.2, -0.15) is 0 Å². The maximum absolute atomic E-state index is 10.9. The van der Waals surface area contributed by atoms with Crippen LogP contribution in [0.15, 0.2) is 73.1 Å². The first-order chi connectivity index (χ1) is 18.8. The van der Waals surface area contributed by atoms with E-state index < -0.39 is 0 Å². The standard InChI is InChI=1S/C34H34N3O2/c1-34(2,3)27-16-25-29(23-13-9-8-12-22(23)27)26(17-38)28(18-39-5)37-19-35-30-24-15-14-20-10-6-7-11-21(20)31(24)36(4)33(30)32(25)37/h6-16,19,26,28,38H,17-18H2,1-5H3/q+1. The number of benzene rings is 4. The van der Waals surface area contributed by atoms with Gasteiger partial charge in [0.1, 0.15) is 11.6 Å². The molecule has 0 amide bonds. The average Bonchev–Trinajstić information content (AvgIpc) is 3.24. The molecule has 0 bridgehead atoms. The Balaban J connectivity index is 1.71. The smallest absolute Gasteiger partial charge is 0.287 e. The average molecular weight is 517 g/mol. The van der Waals surface area contributed by atoms with Crippen molar-refractivity contribution in [2.75, 3.05) is 20.3 Å². The molecule has 0 saturated heterocycles. The number of rotatable bonds is 3. The molecule has 0 fully saturated rings. The first-order valence-corrected chi connectivity index (χ1v) is 13.7. The predicted octanol–water partition coefficient (Wildman–Crippen LogP) is 6.56. The zero-order valence-corrected chi connectivity index (χ0v) is 23.2. The molecule has 0 radical (unpaired) electrons. The second-order valence-corrected chi connectivity index (χ2v) is 11.9. The van der Waals surface area contributed by atoms with E-state index in [4.69, 9.17) is 9.72 Å². The van der Waals surface area contributed by atoms with Gasteiger partial charge in [-0.25, -0.2) is 4.57 Å². The van der Waals surface area contributed by atoms with E-state index in [0.29, 0.717) is 6.61 Å². The van der Waals surface area contributed by atoms with Crippen LogP contribution < -0.4 is 4.57 Å². The number of methoxy groups -OCH3 is 1. The van der Waals surface area contributed by atoms with Gasteiger partial charge in [0.25, 0.3) is 6.33 Å². The zero-order chi connectivity index (χ0) is 27.1. The van der Waals surface area contributed by atoms with Crippen molar-refractivity contribution in [1.29, 1.82) is 0 Å². The monoisotopic (exact) mass is 516 g/mol. The topological polar surface area (TPSA) is 51.2 Å². The van der Waals surface area contributed by atoms with Crippen LogP contribution in [-0.4, -0.2) is 35.0 Å². The minimum atomic E-state index is -0.119. The molecule has 7 rings (SSSR count). The van der Waals surface area contributed by atoms with E-state index in [9.17, 15) is 5.11 Å². The summed E-state index contributed by atoms with van der Waals surface area (Å²) in [5.74, 6) is -0.119. The summed E-state index contributed by atoms with van der Waals surface area (Å²) in [6.45, 7) is 7.35. The van der Waals surface area contributed by atoms with E-state index >= 15 is 0 Å². The van der Waals surface area contributed by atoms with Crippen molar-refractivity contribution < 1.29 is 14.4 Å². The Morgan fingerprint density at radius 2 is 1.64 bits per heavy atom. The van der Waals surface area contributed by atoms with Crippen molar-refractivity contribution in [1.82, 2.24) is 9.55 Å². The number of aromatic nitrogens is 3. The van der Waals surface area contributed by atoms with Gasteiger partial charge >= 0.3 is 0 Å². The summed E-state index contributed by atoms with van der Waals surface area (Å²) in [5, 5.41) is 16.9. The second-order valence-electron chi connectivity index (χ2n) is 11.9. The SMILES string of the molecule is COCC1C(CO)c2c(cc(C(C)(C)C)c3ccccc23)-c2c3c(nc[n+]21)c1ccc2ccccc2c1n3C. The molecule has 5 heteroatoms. The molecule has 4 aromatic carbocycles. The minimum Gasteiger partial charge on any atom is -0.396 e. The second kappa shape index (κ2) is 8.60. The van der Waals surface area contributed by atoms with Crippen molar-refractivity contribution >= 4 is 43.5 Å². The summed E-state index contributed by atoms with van der Waals surface area (Å²) >= 11 is 0. The van der Waals surface area contributed by atoms with Crippen LogP contribution in [0.2, 0.25) is 0 Å². The first-order valence-electron chi connectivity index (χ1n) is 13.7. The fourth-order valence-electron chi connectivity index (χ4n) is 7.01. The highest BCUT2D eigenvalue weighted by atomic mass is 16.5. The molecule has 1 aliphatic rings. The fourth-order valence-corrected chi connectivity index (χ4v) is 7.01. The van der Waals surface area contributed by atoms with Crippen molar-refractivity contribution in [3.8, 4) is 11.3 Å². The molecule has 0 saturated carbocycles. The Bertz CT molecular complexity index is 1930. The van der Waals surface area contributed by atoms with Crippen LogP contribution in [0.3, 0.4) is 0 Å². The molecule has 1 aliphatic heterocycles. The normalized spacial score (nSPS) is 17.3. The van der Waals surface area contributed by atoms with Gasteiger partial charge < -0.3 is 14.4 Å². The largest absolute Gasteiger partial charge is 0.396 e. The van der Waals surface area contributed by atoms with Gasteiger partial charge in [0, 0.05) is 25.1 Å². The third kappa shape index (κ3) is 3.33. The minimum absolute atomic E-state index is 0.0319. The van der Waals surface area contributed by atoms with Gasteiger partial charge in [-0.05, 0) is 49.8 Å².